The van der Waals surface area contributed by atoms with Crippen LogP contribution in [-0.2, 0) is 6.54 Å². The van der Waals surface area contributed by atoms with Crippen molar-refractivity contribution in [3.8, 4) is 6.07 Å². The summed E-state index contributed by atoms with van der Waals surface area (Å²) < 4.78 is 1.74. The van der Waals surface area contributed by atoms with Crippen molar-refractivity contribution in [2.75, 3.05) is 5.75 Å². The molecule has 108 valence electrons. The van der Waals surface area contributed by atoms with E-state index in [1.54, 1.807) is 23.6 Å². The standard InChI is InChI=1S/C13H11ClN4O2S/c1-9-16-12(18(19)20)13(21-7-6-15)17(9)8-10-2-4-11(14)5-3-10/h2-5H,7-8H2,1H3. The number of halogens is 1. The van der Waals surface area contributed by atoms with Crippen LogP contribution in [0.5, 0.6) is 0 Å². The molecule has 0 spiro atoms. The number of nitriles is 1. The molecular weight excluding hydrogens is 312 g/mol. The Balaban J connectivity index is 2.39. The van der Waals surface area contributed by atoms with Gasteiger partial charge in [-0.15, -0.1) is 0 Å². The summed E-state index contributed by atoms with van der Waals surface area (Å²) in [5.41, 5.74) is 0.952. The van der Waals surface area contributed by atoms with Crippen molar-refractivity contribution in [1.29, 1.82) is 5.26 Å². The van der Waals surface area contributed by atoms with Crippen molar-refractivity contribution in [2.24, 2.45) is 0 Å². The Kier molecular flexibility index (Phi) is 4.83. The summed E-state index contributed by atoms with van der Waals surface area (Å²) in [6, 6.07) is 9.21. The highest BCUT2D eigenvalue weighted by atomic mass is 35.5. The van der Waals surface area contributed by atoms with Gasteiger partial charge in [0, 0.05) is 11.9 Å². The minimum Gasteiger partial charge on any atom is -0.358 e. The van der Waals surface area contributed by atoms with Crippen molar-refractivity contribution in [3.05, 3.63) is 50.8 Å². The molecule has 21 heavy (non-hydrogen) atoms. The molecule has 1 aromatic carbocycles. The molecule has 0 N–H and O–H groups in total. The monoisotopic (exact) mass is 322 g/mol. The summed E-state index contributed by atoms with van der Waals surface area (Å²) in [4.78, 5) is 14.5. The van der Waals surface area contributed by atoms with E-state index in [9.17, 15) is 10.1 Å². The highest BCUT2D eigenvalue weighted by molar-refractivity contribution is 7.99. The van der Waals surface area contributed by atoms with E-state index >= 15 is 0 Å². The van der Waals surface area contributed by atoms with Gasteiger partial charge < -0.3 is 10.1 Å². The van der Waals surface area contributed by atoms with E-state index in [1.165, 1.54) is 0 Å². The summed E-state index contributed by atoms with van der Waals surface area (Å²) in [5, 5.41) is 20.8. The van der Waals surface area contributed by atoms with E-state index in [0.717, 1.165) is 17.3 Å². The molecule has 6 nitrogen and oxygen atoms in total. The van der Waals surface area contributed by atoms with Crippen LogP contribution in [-0.4, -0.2) is 20.2 Å². The number of hydrogen-bond donors (Lipinski definition) is 0. The van der Waals surface area contributed by atoms with Crippen LogP contribution < -0.4 is 0 Å². The minimum atomic E-state index is -0.523. The highest BCUT2D eigenvalue weighted by Gasteiger charge is 2.25. The van der Waals surface area contributed by atoms with Crippen LogP contribution in [0.3, 0.4) is 0 Å². The summed E-state index contributed by atoms with van der Waals surface area (Å²) >= 11 is 6.96. The minimum absolute atomic E-state index is 0.132. The van der Waals surface area contributed by atoms with E-state index < -0.39 is 4.92 Å². The molecule has 1 heterocycles. The van der Waals surface area contributed by atoms with Gasteiger partial charge in [0.25, 0.3) is 0 Å². The first kappa shape index (κ1) is 15.4. The fourth-order valence-corrected chi connectivity index (χ4v) is 2.78. The van der Waals surface area contributed by atoms with E-state index in [0.29, 0.717) is 22.4 Å². The number of nitro groups is 1. The summed E-state index contributed by atoms with van der Waals surface area (Å²) in [6.07, 6.45) is 0. The van der Waals surface area contributed by atoms with Crippen molar-refractivity contribution in [1.82, 2.24) is 9.55 Å². The first-order chi connectivity index (χ1) is 10.0. The second-order valence-corrected chi connectivity index (χ2v) is 5.60. The first-order valence-electron chi connectivity index (χ1n) is 5.98. The lowest BCUT2D eigenvalue weighted by Gasteiger charge is -2.07. The second-order valence-electron chi connectivity index (χ2n) is 4.20. The summed E-state index contributed by atoms with van der Waals surface area (Å²) in [5.74, 6) is 0.464. The van der Waals surface area contributed by atoms with Gasteiger partial charge in [-0.2, -0.15) is 5.26 Å². The van der Waals surface area contributed by atoms with Crippen LogP contribution in [0.4, 0.5) is 5.82 Å². The zero-order valence-electron chi connectivity index (χ0n) is 11.1. The van der Waals surface area contributed by atoms with Crippen molar-refractivity contribution >= 4 is 29.2 Å². The third-order valence-corrected chi connectivity index (χ3v) is 4.00. The molecule has 2 rings (SSSR count). The zero-order chi connectivity index (χ0) is 15.4. The summed E-state index contributed by atoms with van der Waals surface area (Å²) in [7, 11) is 0. The fourth-order valence-electron chi connectivity index (χ4n) is 1.85. The number of aromatic nitrogens is 2. The topological polar surface area (TPSA) is 84.8 Å². The molecule has 1 aromatic heterocycles. The molecule has 0 aliphatic carbocycles. The highest BCUT2D eigenvalue weighted by Crippen LogP contribution is 2.30. The van der Waals surface area contributed by atoms with E-state index in [2.05, 4.69) is 4.98 Å². The molecule has 0 bridgehead atoms. The molecule has 0 saturated heterocycles. The van der Waals surface area contributed by atoms with Crippen molar-refractivity contribution < 1.29 is 4.92 Å². The Labute approximate surface area is 130 Å². The number of aryl methyl sites for hydroxylation is 1. The molecule has 0 aliphatic rings. The van der Waals surface area contributed by atoms with Gasteiger partial charge in [-0.05, 0) is 27.6 Å². The SMILES string of the molecule is Cc1nc([N+](=O)[O-])c(SCC#N)n1Cc1ccc(Cl)cc1. The molecule has 0 atom stereocenters. The quantitative estimate of drug-likeness (QED) is 0.478. The number of benzene rings is 1. The molecule has 0 unspecified atom stereocenters. The number of hydrogen-bond acceptors (Lipinski definition) is 5. The van der Waals surface area contributed by atoms with Gasteiger partial charge in [0.05, 0.1) is 18.4 Å². The van der Waals surface area contributed by atoms with Crippen LogP contribution >= 0.6 is 23.4 Å². The van der Waals surface area contributed by atoms with Gasteiger partial charge in [0.15, 0.2) is 5.03 Å². The third kappa shape index (κ3) is 3.54. The smallest absolute Gasteiger partial charge is 0.358 e. The lowest BCUT2D eigenvalue weighted by atomic mass is 10.2. The lowest BCUT2D eigenvalue weighted by molar-refractivity contribution is -0.392. The van der Waals surface area contributed by atoms with E-state index in [1.807, 2.05) is 18.2 Å². The molecule has 0 fully saturated rings. The fraction of sp³-hybridized carbons (Fsp3) is 0.231. The average molecular weight is 323 g/mol. The molecule has 8 heteroatoms. The van der Waals surface area contributed by atoms with Crippen molar-refractivity contribution in [2.45, 2.75) is 18.5 Å². The summed E-state index contributed by atoms with van der Waals surface area (Å²) in [6.45, 7) is 2.15. The second kappa shape index (κ2) is 6.61. The van der Waals surface area contributed by atoms with Crippen LogP contribution in [0.15, 0.2) is 29.3 Å². The van der Waals surface area contributed by atoms with Gasteiger partial charge in [-0.3, -0.25) is 4.57 Å². The Morgan fingerprint density at radius 3 is 2.71 bits per heavy atom. The largest absolute Gasteiger partial charge is 0.396 e. The van der Waals surface area contributed by atoms with Gasteiger partial charge >= 0.3 is 5.82 Å². The molecule has 0 aliphatic heterocycles. The van der Waals surface area contributed by atoms with Gasteiger partial charge in [-0.25, -0.2) is 0 Å². The average Bonchev–Trinajstić information content (AvgIpc) is 2.76. The number of imidazole rings is 1. The van der Waals surface area contributed by atoms with Gasteiger partial charge in [-0.1, -0.05) is 35.5 Å². The molecule has 0 radical (unpaired) electrons. The number of nitrogens with zero attached hydrogens (tertiary/aromatic N) is 4. The first-order valence-corrected chi connectivity index (χ1v) is 7.35. The number of rotatable bonds is 5. The Hall–Kier alpha value is -2.04. The maximum absolute atomic E-state index is 11.1. The van der Waals surface area contributed by atoms with Crippen molar-refractivity contribution in [3.63, 3.8) is 0 Å². The maximum Gasteiger partial charge on any atom is 0.396 e. The molecular formula is C13H11ClN4O2S. The molecule has 2 aromatic rings. The third-order valence-electron chi connectivity index (χ3n) is 2.80. The molecule has 0 amide bonds. The van der Waals surface area contributed by atoms with Crippen LogP contribution in [0.1, 0.15) is 11.4 Å². The maximum atomic E-state index is 11.1. The van der Waals surface area contributed by atoms with E-state index in [4.69, 9.17) is 16.9 Å². The lowest BCUT2D eigenvalue weighted by Crippen LogP contribution is -2.04. The zero-order valence-corrected chi connectivity index (χ0v) is 12.7. The Morgan fingerprint density at radius 2 is 2.14 bits per heavy atom. The predicted octanol–water partition coefficient (Wildman–Crippen LogP) is 3.42. The van der Waals surface area contributed by atoms with E-state index in [-0.39, 0.29) is 11.6 Å². The van der Waals surface area contributed by atoms with Crippen LogP contribution in [0, 0.1) is 28.4 Å². The number of thioether (sulfide) groups is 1. The van der Waals surface area contributed by atoms with Gasteiger partial charge in [0.2, 0.25) is 5.82 Å². The van der Waals surface area contributed by atoms with Crippen LogP contribution in [0.25, 0.3) is 0 Å². The normalized spacial score (nSPS) is 10.3. The van der Waals surface area contributed by atoms with Crippen LogP contribution in [0.2, 0.25) is 5.02 Å². The Morgan fingerprint density at radius 1 is 1.48 bits per heavy atom. The van der Waals surface area contributed by atoms with Gasteiger partial charge in [0.1, 0.15) is 0 Å². The molecule has 0 saturated carbocycles. The predicted molar refractivity (Wildman–Crippen MR) is 80.5 cm³/mol. The Bertz CT molecular complexity index is 706.